The number of hydrogen-bond acceptors (Lipinski definition) is 4. The van der Waals surface area contributed by atoms with Gasteiger partial charge in [-0.2, -0.15) is 0 Å². The zero-order valence-electron chi connectivity index (χ0n) is 32.7. The van der Waals surface area contributed by atoms with E-state index in [0.717, 1.165) is 100 Å². The number of rotatable bonds is 9. The van der Waals surface area contributed by atoms with Crippen molar-refractivity contribution in [3.05, 3.63) is 232 Å². The van der Waals surface area contributed by atoms with Crippen LogP contribution in [0.25, 0.3) is 100 Å². The first-order valence-electron chi connectivity index (χ1n) is 20.0. The van der Waals surface area contributed by atoms with Crippen LogP contribution < -0.4 is 0 Å². The highest BCUT2D eigenvalue weighted by molar-refractivity contribution is 5.88. The maximum atomic E-state index is 4.26. The minimum absolute atomic E-state index is 1.13. The van der Waals surface area contributed by atoms with E-state index in [2.05, 4.69) is 202 Å². The number of nitrogens with zero attached hydrogens (tertiary/aromatic N) is 4. The van der Waals surface area contributed by atoms with Crippen molar-refractivity contribution in [1.82, 2.24) is 19.9 Å². The van der Waals surface area contributed by atoms with Gasteiger partial charge in [0.05, 0.1) is 0 Å². The Morgan fingerprint density at radius 3 is 0.500 bits per heavy atom. The summed E-state index contributed by atoms with van der Waals surface area (Å²) in [6.07, 6.45) is 14.8. The summed E-state index contributed by atoms with van der Waals surface area (Å²) < 4.78 is 0. The highest BCUT2D eigenvalue weighted by Gasteiger charge is 2.14. The van der Waals surface area contributed by atoms with E-state index >= 15 is 0 Å². The van der Waals surface area contributed by atoms with Crippen molar-refractivity contribution in [2.75, 3.05) is 0 Å². The maximum Gasteiger partial charge on any atom is 0.0273 e. The van der Waals surface area contributed by atoms with Crippen LogP contribution in [0.5, 0.6) is 0 Å². The minimum Gasteiger partial charge on any atom is -0.265 e. The van der Waals surface area contributed by atoms with Crippen LogP contribution in [-0.2, 0) is 0 Å². The summed E-state index contributed by atoms with van der Waals surface area (Å²) in [4.78, 5) is 17.0. The molecule has 0 bridgehead atoms. The van der Waals surface area contributed by atoms with Crippen LogP contribution in [0, 0.1) is 0 Å². The predicted molar refractivity (Wildman–Crippen MR) is 247 cm³/mol. The number of pyridine rings is 4. The van der Waals surface area contributed by atoms with Crippen molar-refractivity contribution in [3.63, 3.8) is 0 Å². The summed E-state index contributed by atoms with van der Waals surface area (Å²) >= 11 is 0. The molecular formula is C56H38N4. The van der Waals surface area contributed by atoms with Gasteiger partial charge in [0.1, 0.15) is 0 Å². The average molecular weight is 767 g/mol. The second-order valence-corrected chi connectivity index (χ2v) is 14.9. The molecule has 10 aromatic rings. The summed E-state index contributed by atoms with van der Waals surface area (Å²) in [5, 5.41) is 0. The molecule has 4 nitrogen and oxygen atoms in total. The highest BCUT2D eigenvalue weighted by atomic mass is 14.6. The lowest BCUT2D eigenvalue weighted by molar-refractivity contribution is 1.33. The molecule has 0 aliphatic heterocycles. The topological polar surface area (TPSA) is 51.6 Å². The molecule has 0 spiro atoms. The molecule has 4 heterocycles. The van der Waals surface area contributed by atoms with Crippen LogP contribution >= 0.6 is 0 Å². The third-order valence-electron chi connectivity index (χ3n) is 11.0. The zero-order chi connectivity index (χ0) is 40.1. The van der Waals surface area contributed by atoms with Crippen molar-refractivity contribution in [2.24, 2.45) is 0 Å². The summed E-state index contributed by atoms with van der Waals surface area (Å²) in [5.74, 6) is 0. The Hall–Kier alpha value is -8.08. The van der Waals surface area contributed by atoms with Gasteiger partial charge in [0.2, 0.25) is 0 Å². The van der Waals surface area contributed by atoms with Crippen LogP contribution in [-0.4, -0.2) is 19.9 Å². The van der Waals surface area contributed by atoms with E-state index in [-0.39, 0.29) is 0 Å². The Labute approximate surface area is 350 Å². The first-order valence-corrected chi connectivity index (χ1v) is 20.0. The average Bonchev–Trinajstić information content (AvgIpc) is 3.35. The zero-order valence-corrected chi connectivity index (χ0v) is 32.7. The lowest BCUT2D eigenvalue weighted by Gasteiger charge is -2.16. The van der Waals surface area contributed by atoms with E-state index < -0.39 is 0 Å². The van der Waals surface area contributed by atoms with Crippen molar-refractivity contribution in [2.45, 2.75) is 0 Å². The van der Waals surface area contributed by atoms with Gasteiger partial charge in [-0.25, -0.2) is 0 Å². The third kappa shape index (κ3) is 7.78. The third-order valence-corrected chi connectivity index (χ3v) is 11.0. The van der Waals surface area contributed by atoms with Crippen LogP contribution in [0.3, 0.4) is 0 Å². The lowest BCUT2D eigenvalue weighted by Crippen LogP contribution is -1.90. The number of benzene rings is 6. The first kappa shape index (κ1) is 36.3. The van der Waals surface area contributed by atoms with E-state index in [1.807, 2.05) is 49.6 Å². The van der Waals surface area contributed by atoms with Gasteiger partial charge in [-0.15, -0.1) is 0 Å². The quantitative estimate of drug-likeness (QED) is 0.147. The molecule has 0 unspecified atom stereocenters. The molecule has 60 heavy (non-hydrogen) atoms. The fourth-order valence-electron chi connectivity index (χ4n) is 7.95. The Morgan fingerprint density at radius 2 is 0.300 bits per heavy atom. The van der Waals surface area contributed by atoms with E-state index in [0.29, 0.717) is 0 Å². The second-order valence-electron chi connectivity index (χ2n) is 14.9. The fourth-order valence-corrected chi connectivity index (χ4v) is 7.95. The van der Waals surface area contributed by atoms with Gasteiger partial charge in [-0.1, -0.05) is 72.8 Å². The van der Waals surface area contributed by atoms with Crippen LogP contribution in [0.15, 0.2) is 232 Å². The normalized spacial score (nSPS) is 11.0. The summed E-state index contributed by atoms with van der Waals surface area (Å²) in [5.41, 5.74) is 20.5. The van der Waals surface area contributed by atoms with E-state index in [4.69, 9.17) is 0 Å². The van der Waals surface area contributed by atoms with Crippen molar-refractivity contribution >= 4 is 0 Å². The molecule has 0 atom stereocenters. The second kappa shape index (κ2) is 16.4. The van der Waals surface area contributed by atoms with Gasteiger partial charge in [0.15, 0.2) is 0 Å². The monoisotopic (exact) mass is 766 g/mol. The van der Waals surface area contributed by atoms with E-state index in [1.54, 1.807) is 0 Å². The molecule has 6 aromatic carbocycles. The fraction of sp³-hybridized carbons (Fsp3) is 0. The standard InChI is InChI=1S/C56H38N4/c1-5-43(39-13-21-57-22-14-39)29-47(9-1)51-33-52(48-10-2-6-44(30-48)40-15-23-58-24-16-40)36-55(35-51)56-37-53(49-11-3-7-45(31-49)41-17-25-59-26-18-41)34-54(38-56)50-12-4-8-46(32-50)42-19-27-60-28-20-42/h1-38H. The number of aromatic nitrogens is 4. The molecule has 0 aliphatic rings. The molecule has 0 fully saturated rings. The molecule has 0 aliphatic carbocycles. The minimum atomic E-state index is 1.13. The molecule has 0 N–H and O–H groups in total. The van der Waals surface area contributed by atoms with E-state index in [9.17, 15) is 0 Å². The SMILES string of the molecule is c1cc(-c2ccncc2)cc(-c2cc(-c3cccc(-c4ccncc4)c3)cc(-c3cc(-c4cccc(-c5ccncc5)c4)cc(-c4cccc(-c5ccncc5)c4)c3)c2)c1. The molecule has 4 aromatic heterocycles. The molecule has 0 saturated heterocycles. The molecular weight excluding hydrogens is 729 g/mol. The molecule has 0 amide bonds. The Balaban J connectivity index is 1.17. The molecule has 4 heteroatoms. The van der Waals surface area contributed by atoms with Gasteiger partial charge in [0, 0.05) is 49.6 Å². The van der Waals surface area contributed by atoms with Gasteiger partial charge in [-0.3, -0.25) is 19.9 Å². The maximum absolute atomic E-state index is 4.26. The Bertz CT molecular complexity index is 2660. The largest absolute Gasteiger partial charge is 0.265 e. The molecule has 0 radical (unpaired) electrons. The van der Waals surface area contributed by atoms with Crippen LogP contribution in [0.1, 0.15) is 0 Å². The van der Waals surface area contributed by atoms with Gasteiger partial charge in [-0.05, 0) is 209 Å². The van der Waals surface area contributed by atoms with Crippen LogP contribution in [0.4, 0.5) is 0 Å². The van der Waals surface area contributed by atoms with Crippen molar-refractivity contribution in [3.8, 4) is 100 Å². The molecule has 10 rings (SSSR count). The first-order chi connectivity index (χ1) is 29.7. The smallest absolute Gasteiger partial charge is 0.0273 e. The van der Waals surface area contributed by atoms with Crippen molar-refractivity contribution < 1.29 is 0 Å². The summed E-state index contributed by atoms with van der Waals surface area (Å²) in [7, 11) is 0. The van der Waals surface area contributed by atoms with Gasteiger partial charge < -0.3 is 0 Å². The van der Waals surface area contributed by atoms with Gasteiger partial charge >= 0.3 is 0 Å². The summed E-state index contributed by atoms with van der Waals surface area (Å²) in [6.45, 7) is 0. The van der Waals surface area contributed by atoms with E-state index in [1.165, 1.54) is 0 Å². The predicted octanol–water partition coefficient (Wildman–Crippen LogP) is 14.3. The Morgan fingerprint density at radius 1 is 0.150 bits per heavy atom. The lowest BCUT2D eigenvalue weighted by atomic mass is 9.88. The highest BCUT2D eigenvalue weighted by Crippen LogP contribution is 2.40. The van der Waals surface area contributed by atoms with Crippen LogP contribution in [0.2, 0.25) is 0 Å². The summed E-state index contributed by atoms with van der Waals surface area (Å²) in [6, 6.07) is 65.7. The molecule has 282 valence electrons. The van der Waals surface area contributed by atoms with Crippen molar-refractivity contribution in [1.29, 1.82) is 0 Å². The Kier molecular flexibility index (Phi) is 9.92. The number of hydrogen-bond donors (Lipinski definition) is 0. The van der Waals surface area contributed by atoms with Gasteiger partial charge in [0.25, 0.3) is 0 Å². The molecule has 0 saturated carbocycles.